The summed E-state index contributed by atoms with van der Waals surface area (Å²) in [6, 6.07) is 12.2. The number of aromatic nitrogens is 2. The number of nitrogens with zero attached hydrogens (tertiary/aromatic N) is 2. The molecule has 1 aliphatic carbocycles. The number of hydrogen-bond acceptors (Lipinski definition) is 6. The van der Waals surface area contributed by atoms with Gasteiger partial charge in [0.25, 0.3) is 5.56 Å². The predicted octanol–water partition coefficient (Wildman–Crippen LogP) is 4.56. The minimum Gasteiger partial charge on any atom is -0.383 e. The Bertz CT molecular complexity index is 1130. The Labute approximate surface area is 196 Å². The Balaban J connectivity index is 1.57. The molecule has 0 radical (unpaired) electrons. The van der Waals surface area contributed by atoms with E-state index in [1.165, 1.54) is 35.9 Å². The van der Waals surface area contributed by atoms with E-state index in [0.717, 1.165) is 23.3 Å². The molecule has 0 unspecified atom stereocenters. The summed E-state index contributed by atoms with van der Waals surface area (Å²) in [5.74, 6) is 0.748. The molecule has 8 heteroatoms. The molecule has 6 nitrogen and oxygen atoms in total. The molecule has 32 heavy (non-hydrogen) atoms. The number of methoxy groups -OCH3 is 1. The van der Waals surface area contributed by atoms with Gasteiger partial charge in [-0.2, -0.15) is 0 Å². The molecule has 1 N–H and O–H groups in total. The number of carbonyl (C=O) groups excluding carboxylic acids is 1. The summed E-state index contributed by atoms with van der Waals surface area (Å²) in [7, 11) is 1.61. The van der Waals surface area contributed by atoms with Gasteiger partial charge in [0.2, 0.25) is 5.91 Å². The summed E-state index contributed by atoms with van der Waals surface area (Å²) < 4.78 is 6.84. The standard InChI is InChI=1S/C24H29N3O3S2/c1-16-8-6-7-11-19(16)25-21(28)15-31-24-26-22-18(23(29)27(24)12-13-30-2)14-20(32-22)17-9-4-3-5-10-17/h3-5,9-10,14,16,19H,6-8,11-13,15H2,1-2H3,(H,25,28)/t16-,19+/m1/s1. The molecule has 0 spiro atoms. The third kappa shape index (κ3) is 5.24. The van der Waals surface area contributed by atoms with Crippen LogP contribution in [0.15, 0.2) is 46.3 Å². The fraction of sp³-hybridized carbons (Fsp3) is 0.458. The second-order valence-corrected chi connectivity index (χ2v) is 10.2. The van der Waals surface area contributed by atoms with E-state index in [1.54, 1.807) is 11.7 Å². The van der Waals surface area contributed by atoms with Crippen LogP contribution in [0.2, 0.25) is 0 Å². The second kappa shape index (κ2) is 10.6. The minimum atomic E-state index is -0.0886. The van der Waals surface area contributed by atoms with Gasteiger partial charge >= 0.3 is 0 Å². The molecular weight excluding hydrogens is 442 g/mol. The maximum atomic E-state index is 13.3. The van der Waals surface area contributed by atoms with Crippen molar-refractivity contribution in [2.24, 2.45) is 5.92 Å². The third-order valence-corrected chi connectivity index (χ3v) is 8.04. The lowest BCUT2D eigenvalue weighted by molar-refractivity contribution is -0.119. The molecule has 1 aliphatic rings. The van der Waals surface area contributed by atoms with E-state index in [2.05, 4.69) is 12.2 Å². The van der Waals surface area contributed by atoms with E-state index in [4.69, 9.17) is 9.72 Å². The van der Waals surface area contributed by atoms with Crippen LogP contribution in [0.4, 0.5) is 0 Å². The van der Waals surface area contributed by atoms with Crippen LogP contribution in [-0.4, -0.2) is 41.0 Å². The van der Waals surface area contributed by atoms with Crippen molar-refractivity contribution in [3.05, 3.63) is 46.8 Å². The molecule has 2 atom stereocenters. The topological polar surface area (TPSA) is 73.2 Å². The van der Waals surface area contributed by atoms with E-state index in [9.17, 15) is 9.59 Å². The number of carbonyl (C=O) groups is 1. The highest BCUT2D eigenvalue weighted by molar-refractivity contribution is 7.99. The van der Waals surface area contributed by atoms with Crippen LogP contribution in [0, 0.1) is 5.92 Å². The Morgan fingerprint density at radius 1 is 1.28 bits per heavy atom. The van der Waals surface area contributed by atoms with Crippen LogP contribution in [-0.2, 0) is 16.1 Å². The van der Waals surface area contributed by atoms with E-state index in [0.29, 0.717) is 34.4 Å². The maximum absolute atomic E-state index is 13.3. The molecule has 0 saturated heterocycles. The zero-order valence-corrected chi connectivity index (χ0v) is 20.1. The van der Waals surface area contributed by atoms with Gasteiger partial charge in [0.05, 0.1) is 24.3 Å². The fourth-order valence-corrected chi connectivity index (χ4v) is 6.06. The van der Waals surface area contributed by atoms with Crippen molar-refractivity contribution in [1.29, 1.82) is 0 Å². The number of amides is 1. The van der Waals surface area contributed by atoms with Crippen molar-refractivity contribution in [2.45, 2.75) is 50.4 Å². The number of thiophene rings is 1. The van der Waals surface area contributed by atoms with Gasteiger partial charge in [-0.25, -0.2) is 4.98 Å². The second-order valence-electron chi connectivity index (χ2n) is 8.26. The van der Waals surface area contributed by atoms with Crippen LogP contribution in [0.1, 0.15) is 32.6 Å². The summed E-state index contributed by atoms with van der Waals surface area (Å²) in [5, 5.41) is 4.35. The molecule has 1 aromatic carbocycles. The Kier molecular flexibility index (Phi) is 7.65. The molecule has 1 amide bonds. The van der Waals surface area contributed by atoms with Crippen LogP contribution >= 0.6 is 23.1 Å². The largest absolute Gasteiger partial charge is 0.383 e. The molecule has 1 fully saturated rings. The zero-order valence-electron chi connectivity index (χ0n) is 18.5. The summed E-state index contributed by atoms with van der Waals surface area (Å²) in [4.78, 5) is 32.4. The third-order valence-electron chi connectivity index (χ3n) is 5.98. The van der Waals surface area contributed by atoms with E-state index in [-0.39, 0.29) is 23.3 Å². The number of rotatable bonds is 8. The first-order valence-electron chi connectivity index (χ1n) is 11.1. The number of hydrogen-bond donors (Lipinski definition) is 1. The molecule has 3 aromatic rings. The minimum absolute atomic E-state index is 0.00228. The first kappa shape index (κ1) is 23.0. The van der Waals surface area contributed by atoms with Crippen molar-refractivity contribution in [3.63, 3.8) is 0 Å². The van der Waals surface area contributed by atoms with E-state index < -0.39 is 0 Å². The number of benzene rings is 1. The molecule has 170 valence electrons. The van der Waals surface area contributed by atoms with Gasteiger partial charge in [-0.1, -0.05) is 61.9 Å². The summed E-state index contributed by atoms with van der Waals surface area (Å²) >= 11 is 2.83. The highest BCUT2D eigenvalue weighted by Crippen LogP contribution is 2.32. The SMILES string of the molecule is COCCn1c(SCC(=O)N[C@H]2CCCC[C@H]2C)nc2sc(-c3ccccc3)cc2c1=O. The van der Waals surface area contributed by atoms with E-state index >= 15 is 0 Å². The van der Waals surface area contributed by atoms with E-state index in [1.807, 2.05) is 36.4 Å². The normalized spacial score (nSPS) is 18.7. The fourth-order valence-electron chi connectivity index (χ4n) is 4.14. The lowest BCUT2D eigenvalue weighted by Crippen LogP contribution is -2.42. The van der Waals surface area contributed by atoms with Gasteiger partial charge in [-0.05, 0) is 30.4 Å². The average Bonchev–Trinajstić information content (AvgIpc) is 3.24. The number of nitrogens with one attached hydrogen (secondary N) is 1. The van der Waals surface area contributed by atoms with Crippen LogP contribution < -0.4 is 10.9 Å². The average molecular weight is 472 g/mol. The van der Waals surface area contributed by atoms with Crippen molar-refractivity contribution in [1.82, 2.24) is 14.9 Å². The van der Waals surface area contributed by atoms with Crippen molar-refractivity contribution < 1.29 is 9.53 Å². The van der Waals surface area contributed by atoms with Crippen molar-refractivity contribution in [3.8, 4) is 10.4 Å². The highest BCUT2D eigenvalue weighted by atomic mass is 32.2. The first-order valence-corrected chi connectivity index (χ1v) is 12.9. The van der Waals surface area contributed by atoms with Crippen molar-refractivity contribution >= 4 is 39.2 Å². The van der Waals surface area contributed by atoms with Gasteiger partial charge in [-0.3, -0.25) is 14.2 Å². The zero-order chi connectivity index (χ0) is 22.5. The van der Waals surface area contributed by atoms with Crippen LogP contribution in [0.3, 0.4) is 0 Å². The van der Waals surface area contributed by atoms with Crippen molar-refractivity contribution in [2.75, 3.05) is 19.5 Å². The predicted molar refractivity (Wildman–Crippen MR) is 131 cm³/mol. The lowest BCUT2D eigenvalue weighted by atomic mass is 9.86. The van der Waals surface area contributed by atoms with Gasteiger partial charge in [-0.15, -0.1) is 11.3 Å². The first-order chi connectivity index (χ1) is 15.6. The van der Waals surface area contributed by atoms with Crippen LogP contribution in [0.5, 0.6) is 0 Å². The summed E-state index contributed by atoms with van der Waals surface area (Å²) in [6.07, 6.45) is 4.61. The maximum Gasteiger partial charge on any atom is 0.263 e. The molecule has 1 saturated carbocycles. The Hall–Kier alpha value is -2.16. The number of thioether (sulfide) groups is 1. The molecular formula is C24H29N3O3S2. The van der Waals surface area contributed by atoms with Gasteiger partial charge < -0.3 is 10.1 Å². The molecule has 0 aliphatic heterocycles. The van der Waals surface area contributed by atoms with Gasteiger partial charge in [0.15, 0.2) is 5.16 Å². The Morgan fingerprint density at radius 2 is 2.06 bits per heavy atom. The molecule has 0 bridgehead atoms. The smallest absolute Gasteiger partial charge is 0.263 e. The lowest BCUT2D eigenvalue weighted by Gasteiger charge is -2.29. The quantitative estimate of drug-likeness (QED) is 0.385. The Morgan fingerprint density at radius 3 is 2.81 bits per heavy atom. The number of fused-ring (bicyclic) bond motifs is 1. The van der Waals surface area contributed by atoms with Gasteiger partial charge in [0, 0.05) is 18.0 Å². The molecule has 4 rings (SSSR count). The van der Waals surface area contributed by atoms with Crippen LogP contribution in [0.25, 0.3) is 20.7 Å². The summed E-state index contributed by atoms with van der Waals surface area (Å²) in [5.41, 5.74) is 0.975. The highest BCUT2D eigenvalue weighted by Gasteiger charge is 2.23. The summed E-state index contributed by atoms with van der Waals surface area (Å²) in [6.45, 7) is 3.01. The molecule has 2 heterocycles. The molecule has 2 aromatic heterocycles. The monoisotopic (exact) mass is 471 g/mol. The number of ether oxygens (including phenoxy) is 1. The van der Waals surface area contributed by atoms with Gasteiger partial charge in [0.1, 0.15) is 4.83 Å².